The number of unbranched alkanes of at least 4 members (excludes halogenated alkanes) is 30. The van der Waals surface area contributed by atoms with Crippen molar-refractivity contribution in [3.05, 3.63) is 0 Å². The lowest BCUT2D eigenvalue weighted by Crippen LogP contribution is -3.00. The van der Waals surface area contributed by atoms with Crippen molar-refractivity contribution < 1.29 is 16.9 Å². The average Bonchev–Trinajstić information content (AvgIpc) is 3.45. The highest BCUT2D eigenvalue weighted by atomic mass is 35.5. The maximum Gasteiger partial charge on any atom is 0.185 e. The van der Waals surface area contributed by atoms with Crippen LogP contribution in [0.3, 0.4) is 0 Å². The highest BCUT2D eigenvalue weighted by molar-refractivity contribution is 5.48. The molecule has 42 heavy (non-hydrogen) atoms. The smallest absolute Gasteiger partial charge is 0.185 e. The maximum absolute atomic E-state index is 4.67. The van der Waals surface area contributed by atoms with Crippen molar-refractivity contribution in [1.29, 1.82) is 0 Å². The average molecular weight is 612 g/mol. The van der Waals surface area contributed by atoms with Gasteiger partial charge in [0, 0.05) is 0 Å². The van der Waals surface area contributed by atoms with Crippen LogP contribution in [0.15, 0.2) is 4.99 Å². The molecule has 0 aliphatic carbocycles. The first-order valence-corrected chi connectivity index (χ1v) is 19.7. The van der Waals surface area contributed by atoms with Crippen LogP contribution in [0.1, 0.15) is 219 Å². The molecule has 1 aliphatic rings. The summed E-state index contributed by atoms with van der Waals surface area (Å²) in [7, 11) is 0. The Morgan fingerprint density at radius 2 is 0.619 bits per heavy atom. The van der Waals surface area contributed by atoms with E-state index in [0.717, 1.165) is 6.54 Å². The van der Waals surface area contributed by atoms with Crippen LogP contribution in [-0.2, 0) is 0 Å². The van der Waals surface area contributed by atoms with Gasteiger partial charge in [-0.15, -0.1) is 0 Å². The quantitative estimate of drug-likeness (QED) is 0.0507. The van der Waals surface area contributed by atoms with Crippen LogP contribution in [0, 0.1) is 0 Å². The molecule has 0 saturated carbocycles. The third-order valence-corrected chi connectivity index (χ3v) is 9.92. The van der Waals surface area contributed by atoms with E-state index in [1.165, 1.54) is 230 Å². The minimum Gasteiger partial charge on any atom is -1.00 e. The Hall–Kier alpha value is -0.0800. The van der Waals surface area contributed by atoms with Crippen molar-refractivity contribution in [1.82, 2.24) is 0 Å². The first kappa shape index (κ1) is 41.9. The van der Waals surface area contributed by atoms with Crippen LogP contribution < -0.4 is 12.4 Å². The molecule has 1 rings (SSSR count). The number of nitrogens with zero attached hydrogens (tertiary/aromatic N) is 2. The SMILES string of the molecule is CCCCCCCCCCCCCCCCCC[N+]1(CCCCCCCCCCCCCCCCCC)C=NCC1.[Cl-]. The Balaban J connectivity index is 0.0000168. The van der Waals surface area contributed by atoms with Crippen molar-refractivity contribution in [2.45, 2.75) is 219 Å². The molecular weight excluding hydrogens is 532 g/mol. The van der Waals surface area contributed by atoms with Gasteiger partial charge in [-0.05, 0) is 25.7 Å². The van der Waals surface area contributed by atoms with E-state index in [1.807, 2.05) is 0 Å². The Kier molecular flexibility index (Phi) is 33.7. The predicted octanol–water partition coefficient (Wildman–Crippen LogP) is 10.4. The summed E-state index contributed by atoms with van der Waals surface area (Å²) in [6, 6.07) is 0. The first-order valence-electron chi connectivity index (χ1n) is 19.7. The third kappa shape index (κ3) is 27.5. The number of hydrogen-bond donors (Lipinski definition) is 0. The molecule has 0 N–H and O–H groups in total. The molecule has 0 aromatic carbocycles. The Bertz CT molecular complexity index is 498. The van der Waals surface area contributed by atoms with Crippen molar-refractivity contribution in [2.24, 2.45) is 4.99 Å². The zero-order valence-corrected chi connectivity index (χ0v) is 30.1. The van der Waals surface area contributed by atoms with Gasteiger partial charge in [0.05, 0.1) is 19.6 Å². The molecule has 0 amide bonds. The second kappa shape index (κ2) is 33.8. The summed E-state index contributed by atoms with van der Waals surface area (Å²) in [6.45, 7) is 9.66. The molecule has 0 fully saturated rings. The zero-order chi connectivity index (χ0) is 29.4. The molecule has 2 nitrogen and oxygen atoms in total. The molecule has 1 heterocycles. The summed E-state index contributed by atoms with van der Waals surface area (Å²) in [4.78, 5) is 4.67. The fourth-order valence-corrected chi connectivity index (χ4v) is 6.95. The van der Waals surface area contributed by atoms with Crippen molar-refractivity contribution in [3.8, 4) is 0 Å². The van der Waals surface area contributed by atoms with Gasteiger partial charge in [0.1, 0.15) is 6.54 Å². The van der Waals surface area contributed by atoms with E-state index >= 15 is 0 Å². The van der Waals surface area contributed by atoms with Crippen LogP contribution in [0.2, 0.25) is 0 Å². The van der Waals surface area contributed by atoms with Gasteiger partial charge in [-0.2, -0.15) is 0 Å². The summed E-state index contributed by atoms with van der Waals surface area (Å²) in [5.41, 5.74) is 0. The van der Waals surface area contributed by atoms with E-state index in [9.17, 15) is 0 Å². The molecule has 3 heteroatoms. The summed E-state index contributed by atoms with van der Waals surface area (Å²) in [5, 5.41) is 0. The van der Waals surface area contributed by atoms with Crippen LogP contribution >= 0.6 is 0 Å². The molecule has 0 aromatic rings. The van der Waals surface area contributed by atoms with Crippen molar-refractivity contribution >= 4 is 6.34 Å². The summed E-state index contributed by atoms with van der Waals surface area (Å²) in [5.74, 6) is 0. The van der Waals surface area contributed by atoms with Gasteiger partial charge in [0.25, 0.3) is 0 Å². The molecule has 0 spiro atoms. The van der Waals surface area contributed by atoms with Gasteiger partial charge < -0.3 is 12.4 Å². The number of halogens is 1. The summed E-state index contributed by atoms with van der Waals surface area (Å²) < 4.78 is 1.21. The van der Waals surface area contributed by atoms with Gasteiger partial charge in [-0.25, -0.2) is 4.99 Å². The Morgan fingerprint density at radius 1 is 0.381 bits per heavy atom. The summed E-state index contributed by atoms with van der Waals surface area (Å²) in [6.07, 6.45) is 49.0. The number of aliphatic imine (C=N–C) groups is 1. The van der Waals surface area contributed by atoms with Crippen LogP contribution in [0.5, 0.6) is 0 Å². The maximum atomic E-state index is 4.67. The number of rotatable bonds is 34. The predicted molar refractivity (Wildman–Crippen MR) is 187 cm³/mol. The van der Waals surface area contributed by atoms with Gasteiger partial charge in [-0.3, -0.25) is 4.48 Å². The molecule has 0 aromatic heterocycles. The molecule has 0 atom stereocenters. The van der Waals surface area contributed by atoms with E-state index in [1.54, 1.807) is 0 Å². The van der Waals surface area contributed by atoms with E-state index in [0.29, 0.717) is 0 Å². The lowest BCUT2D eigenvalue weighted by atomic mass is 10.0. The fraction of sp³-hybridized carbons (Fsp3) is 0.974. The zero-order valence-electron chi connectivity index (χ0n) is 29.3. The minimum absolute atomic E-state index is 0. The Morgan fingerprint density at radius 3 is 0.833 bits per heavy atom. The van der Waals surface area contributed by atoms with Gasteiger partial charge in [0.15, 0.2) is 6.34 Å². The van der Waals surface area contributed by atoms with Gasteiger partial charge in [-0.1, -0.05) is 194 Å². The summed E-state index contributed by atoms with van der Waals surface area (Å²) >= 11 is 0. The van der Waals surface area contributed by atoms with E-state index in [-0.39, 0.29) is 12.4 Å². The monoisotopic (exact) mass is 611 g/mol. The normalized spacial score (nSPS) is 14.0. The minimum atomic E-state index is 0. The largest absolute Gasteiger partial charge is 1.00 e. The van der Waals surface area contributed by atoms with Gasteiger partial charge in [0.2, 0.25) is 0 Å². The number of hydrogen-bond acceptors (Lipinski definition) is 1. The highest BCUT2D eigenvalue weighted by Crippen LogP contribution is 2.18. The second-order valence-electron chi connectivity index (χ2n) is 14.0. The van der Waals surface area contributed by atoms with E-state index < -0.39 is 0 Å². The van der Waals surface area contributed by atoms with Gasteiger partial charge >= 0.3 is 0 Å². The molecule has 0 saturated heterocycles. The molecule has 1 aliphatic heterocycles. The lowest BCUT2D eigenvalue weighted by molar-refractivity contribution is -0.829. The third-order valence-electron chi connectivity index (χ3n) is 9.92. The van der Waals surface area contributed by atoms with Crippen LogP contribution in [-0.4, -0.2) is 37.0 Å². The van der Waals surface area contributed by atoms with Crippen molar-refractivity contribution in [3.63, 3.8) is 0 Å². The molecular formula is C39H79ClN2. The lowest BCUT2D eigenvalue weighted by Gasteiger charge is -2.30. The van der Waals surface area contributed by atoms with E-state index in [4.69, 9.17) is 0 Å². The standard InChI is InChI=1S/C39H79N2.ClH/c1-3-5-7-9-11-13-15-17-19-21-23-25-27-29-31-33-36-41(38-35-40-39-41)37-34-32-30-28-26-24-22-20-18-16-14-12-10-8-6-4-2;/h39H,3-38H2,1-2H3;1H/q+1;/p-1. The fourth-order valence-electron chi connectivity index (χ4n) is 6.95. The Labute approximate surface area is 273 Å². The molecule has 0 radical (unpaired) electrons. The highest BCUT2D eigenvalue weighted by Gasteiger charge is 2.27. The van der Waals surface area contributed by atoms with E-state index in [2.05, 4.69) is 25.2 Å². The first-order chi connectivity index (χ1) is 20.3. The van der Waals surface area contributed by atoms with Crippen LogP contribution in [0.25, 0.3) is 0 Å². The second-order valence-corrected chi connectivity index (χ2v) is 14.0. The molecule has 0 bridgehead atoms. The molecule has 0 unspecified atom stereocenters. The van der Waals surface area contributed by atoms with Crippen molar-refractivity contribution in [2.75, 3.05) is 26.2 Å². The topological polar surface area (TPSA) is 12.4 Å². The molecule has 252 valence electrons. The van der Waals surface area contributed by atoms with Crippen LogP contribution in [0.4, 0.5) is 0 Å². The number of quaternary nitrogens is 1.